The summed E-state index contributed by atoms with van der Waals surface area (Å²) >= 11 is 0. The maximum absolute atomic E-state index is 12.1. The lowest BCUT2D eigenvalue weighted by Crippen LogP contribution is -2.16. The lowest BCUT2D eigenvalue weighted by molar-refractivity contribution is 0.0692. The number of anilines is 1. The molecule has 0 aliphatic rings. The van der Waals surface area contributed by atoms with Crippen molar-refractivity contribution >= 4 is 17.6 Å². The second-order valence-electron chi connectivity index (χ2n) is 3.91. The summed E-state index contributed by atoms with van der Waals surface area (Å²) in [4.78, 5) is 26.8. The van der Waals surface area contributed by atoms with E-state index in [0.29, 0.717) is 11.4 Å². The van der Waals surface area contributed by atoms with Crippen molar-refractivity contribution in [3.05, 3.63) is 53.9 Å². The summed E-state index contributed by atoms with van der Waals surface area (Å²) in [6.45, 7) is 0. The zero-order valence-electron chi connectivity index (χ0n) is 10.7. The van der Waals surface area contributed by atoms with Gasteiger partial charge >= 0.3 is 5.97 Å². The molecule has 2 N–H and O–H groups in total. The first kappa shape index (κ1) is 13.5. The van der Waals surface area contributed by atoms with Gasteiger partial charge in [-0.1, -0.05) is 6.07 Å². The summed E-state index contributed by atoms with van der Waals surface area (Å²) < 4.78 is 5.05. The van der Waals surface area contributed by atoms with E-state index in [9.17, 15) is 9.59 Å². The van der Waals surface area contributed by atoms with Gasteiger partial charge < -0.3 is 15.2 Å². The Bertz CT molecular complexity index is 655. The topological polar surface area (TPSA) is 88.5 Å². The van der Waals surface area contributed by atoms with Gasteiger partial charge in [-0.25, -0.2) is 4.79 Å². The quantitative estimate of drug-likeness (QED) is 0.889. The third kappa shape index (κ3) is 2.92. The molecule has 1 aromatic heterocycles. The number of ether oxygens (including phenoxy) is 1. The van der Waals surface area contributed by atoms with E-state index < -0.39 is 11.9 Å². The summed E-state index contributed by atoms with van der Waals surface area (Å²) in [5.74, 6) is -1.12. The molecule has 20 heavy (non-hydrogen) atoms. The van der Waals surface area contributed by atoms with Crippen LogP contribution in [0, 0.1) is 0 Å². The van der Waals surface area contributed by atoms with Crippen LogP contribution in [-0.2, 0) is 0 Å². The van der Waals surface area contributed by atoms with Crippen LogP contribution in [0.2, 0.25) is 0 Å². The monoisotopic (exact) mass is 272 g/mol. The standard InChI is InChI=1S/C14H12N2O4/c1-20-10-4-2-3-9(7-10)16-13(17)11-5-6-15-8-12(11)14(18)19/h2-8H,1H3,(H,16,17)(H,18,19). The molecule has 0 spiro atoms. The number of carboxylic acid groups (broad SMARTS) is 1. The van der Waals surface area contributed by atoms with Gasteiger partial charge in [0.1, 0.15) is 5.75 Å². The molecule has 102 valence electrons. The Morgan fingerprint density at radius 3 is 2.75 bits per heavy atom. The van der Waals surface area contributed by atoms with Crippen LogP contribution in [0.15, 0.2) is 42.7 Å². The van der Waals surface area contributed by atoms with Crippen LogP contribution in [0.25, 0.3) is 0 Å². The normalized spacial score (nSPS) is 9.85. The molecule has 0 aliphatic heterocycles. The Balaban J connectivity index is 2.26. The maximum Gasteiger partial charge on any atom is 0.338 e. The molecule has 1 amide bonds. The Morgan fingerprint density at radius 2 is 2.05 bits per heavy atom. The number of rotatable bonds is 4. The SMILES string of the molecule is COc1cccc(NC(=O)c2ccncc2C(=O)O)c1. The Kier molecular flexibility index (Phi) is 3.95. The molecule has 0 saturated heterocycles. The molecule has 0 bridgehead atoms. The van der Waals surface area contributed by atoms with Crippen LogP contribution in [-0.4, -0.2) is 29.1 Å². The highest BCUT2D eigenvalue weighted by Gasteiger charge is 2.16. The van der Waals surface area contributed by atoms with Crippen molar-refractivity contribution in [2.24, 2.45) is 0 Å². The van der Waals surface area contributed by atoms with Crippen molar-refractivity contribution < 1.29 is 19.4 Å². The number of pyridine rings is 1. The van der Waals surface area contributed by atoms with Crippen LogP contribution in [0.4, 0.5) is 5.69 Å². The number of hydrogen-bond acceptors (Lipinski definition) is 4. The fourth-order valence-electron chi connectivity index (χ4n) is 1.66. The molecular formula is C14H12N2O4. The van der Waals surface area contributed by atoms with Gasteiger partial charge in [-0.2, -0.15) is 0 Å². The van der Waals surface area contributed by atoms with Crippen LogP contribution in [0.1, 0.15) is 20.7 Å². The van der Waals surface area contributed by atoms with Crippen LogP contribution in [0.5, 0.6) is 5.75 Å². The average molecular weight is 272 g/mol. The summed E-state index contributed by atoms with van der Waals surface area (Å²) in [5.41, 5.74) is 0.422. The zero-order chi connectivity index (χ0) is 14.5. The van der Waals surface area contributed by atoms with Crippen molar-refractivity contribution in [2.75, 3.05) is 12.4 Å². The highest BCUT2D eigenvalue weighted by atomic mass is 16.5. The summed E-state index contributed by atoms with van der Waals surface area (Å²) in [6, 6.07) is 8.14. The number of amides is 1. The van der Waals surface area contributed by atoms with Crippen LogP contribution >= 0.6 is 0 Å². The van der Waals surface area contributed by atoms with Gasteiger partial charge in [0.2, 0.25) is 0 Å². The lowest BCUT2D eigenvalue weighted by Gasteiger charge is -2.08. The lowest BCUT2D eigenvalue weighted by atomic mass is 10.1. The third-order valence-corrected chi connectivity index (χ3v) is 2.62. The molecule has 0 fully saturated rings. The first-order valence-electron chi connectivity index (χ1n) is 5.74. The first-order chi connectivity index (χ1) is 9.61. The fraction of sp³-hybridized carbons (Fsp3) is 0.0714. The van der Waals surface area contributed by atoms with Crippen molar-refractivity contribution in [3.63, 3.8) is 0 Å². The third-order valence-electron chi connectivity index (χ3n) is 2.62. The van der Waals surface area contributed by atoms with Gasteiger partial charge in [-0.05, 0) is 18.2 Å². The van der Waals surface area contributed by atoms with E-state index in [-0.39, 0.29) is 11.1 Å². The van der Waals surface area contributed by atoms with E-state index in [4.69, 9.17) is 9.84 Å². The molecule has 0 aliphatic carbocycles. The van der Waals surface area contributed by atoms with Gasteiger partial charge in [0, 0.05) is 24.1 Å². The molecule has 1 aromatic carbocycles. The number of benzene rings is 1. The molecule has 0 unspecified atom stereocenters. The number of carbonyl (C=O) groups is 2. The molecule has 2 rings (SSSR count). The Labute approximate surface area is 115 Å². The van der Waals surface area contributed by atoms with E-state index in [2.05, 4.69) is 10.3 Å². The summed E-state index contributed by atoms with van der Waals surface area (Å²) in [5, 5.41) is 11.6. The number of aromatic carboxylic acids is 1. The second kappa shape index (κ2) is 5.83. The number of hydrogen-bond donors (Lipinski definition) is 2. The van der Waals surface area contributed by atoms with E-state index in [1.807, 2.05) is 0 Å². The van der Waals surface area contributed by atoms with Crippen molar-refractivity contribution in [2.45, 2.75) is 0 Å². The zero-order valence-corrected chi connectivity index (χ0v) is 10.7. The molecule has 0 radical (unpaired) electrons. The first-order valence-corrected chi connectivity index (χ1v) is 5.74. The van der Waals surface area contributed by atoms with Crippen LogP contribution in [0.3, 0.4) is 0 Å². The van der Waals surface area contributed by atoms with Crippen molar-refractivity contribution in [3.8, 4) is 5.75 Å². The molecule has 2 aromatic rings. The minimum absolute atomic E-state index is 0.0512. The highest BCUT2D eigenvalue weighted by molar-refractivity contribution is 6.10. The number of carboxylic acids is 1. The number of aromatic nitrogens is 1. The Morgan fingerprint density at radius 1 is 1.25 bits per heavy atom. The summed E-state index contributed by atoms with van der Waals surface area (Å²) in [7, 11) is 1.52. The molecule has 1 heterocycles. The van der Waals surface area contributed by atoms with E-state index in [1.54, 1.807) is 24.3 Å². The number of methoxy groups -OCH3 is 1. The smallest absolute Gasteiger partial charge is 0.338 e. The molecular weight excluding hydrogens is 260 g/mol. The molecule has 0 saturated carbocycles. The maximum atomic E-state index is 12.1. The van der Waals surface area contributed by atoms with Crippen molar-refractivity contribution in [1.82, 2.24) is 4.98 Å². The second-order valence-corrected chi connectivity index (χ2v) is 3.91. The van der Waals surface area contributed by atoms with Gasteiger partial charge in [0.25, 0.3) is 5.91 Å². The van der Waals surface area contributed by atoms with E-state index in [0.717, 1.165) is 6.20 Å². The predicted molar refractivity (Wildman–Crippen MR) is 72.1 cm³/mol. The summed E-state index contributed by atoms with van der Waals surface area (Å²) in [6.07, 6.45) is 2.51. The van der Waals surface area contributed by atoms with Crippen molar-refractivity contribution in [1.29, 1.82) is 0 Å². The van der Waals surface area contributed by atoms with Crippen LogP contribution < -0.4 is 10.1 Å². The number of nitrogens with one attached hydrogen (secondary N) is 1. The van der Waals surface area contributed by atoms with E-state index >= 15 is 0 Å². The largest absolute Gasteiger partial charge is 0.497 e. The minimum Gasteiger partial charge on any atom is -0.497 e. The van der Waals surface area contributed by atoms with E-state index in [1.165, 1.54) is 19.4 Å². The molecule has 6 nitrogen and oxygen atoms in total. The van der Waals surface area contributed by atoms with Gasteiger partial charge in [0.15, 0.2) is 0 Å². The predicted octanol–water partition coefficient (Wildman–Crippen LogP) is 2.04. The van der Waals surface area contributed by atoms with Gasteiger partial charge in [0.05, 0.1) is 18.2 Å². The van der Waals surface area contributed by atoms with Gasteiger partial charge in [-0.3, -0.25) is 9.78 Å². The molecule has 0 atom stereocenters. The minimum atomic E-state index is -1.20. The highest BCUT2D eigenvalue weighted by Crippen LogP contribution is 2.18. The average Bonchev–Trinajstić information content (AvgIpc) is 2.47. The molecule has 6 heteroatoms. The fourth-order valence-corrected chi connectivity index (χ4v) is 1.66. The Hall–Kier alpha value is -2.89. The number of nitrogens with zero attached hydrogens (tertiary/aromatic N) is 1. The van der Waals surface area contributed by atoms with Gasteiger partial charge in [-0.15, -0.1) is 0 Å². The number of carbonyl (C=O) groups excluding carboxylic acids is 1.